The molecule has 0 saturated heterocycles. The third-order valence-corrected chi connectivity index (χ3v) is 3.06. The molecule has 0 spiro atoms. The molecule has 102 valence electrons. The Labute approximate surface area is 119 Å². The molecule has 0 unspecified atom stereocenters. The van der Waals surface area contributed by atoms with Crippen LogP contribution in [0.1, 0.15) is 15.9 Å². The Kier molecular flexibility index (Phi) is 4.32. The van der Waals surface area contributed by atoms with Gasteiger partial charge < -0.3 is 4.74 Å². The number of carbonyl (C=O) groups is 1. The topological polar surface area (TPSA) is 69.4 Å². The molecule has 0 heterocycles. The Hall–Kier alpha value is -2.40. The van der Waals surface area contributed by atoms with E-state index in [2.05, 4.69) is 0 Å². The summed E-state index contributed by atoms with van der Waals surface area (Å²) in [7, 11) is 0. The molecule has 0 aliphatic rings. The molecule has 0 aliphatic carbocycles. The van der Waals surface area contributed by atoms with Gasteiger partial charge in [0.25, 0.3) is 5.69 Å². The lowest BCUT2D eigenvalue weighted by molar-refractivity contribution is -0.385. The number of halogens is 1. The first kappa shape index (κ1) is 14.0. The van der Waals surface area contributed by atoms with Gasteiger partial charge in [-0.1, -0.05) is 29.8 Å². The monoisotopic (exact) mass is 291 g/mol. The Morgan fingerprint density at radius 1 is 1.20 bits per heavy atom. The fourth-order valence-electron chi connectivity index (χ4n) is 1.72. The van der Waals surface area contributed by atoms with Crippen molar-refractivity contribution in [1.29, 1.82) is 0 Å². The van der Waals surface area contributed by atoms with Crippen LogP contribution in [-0.4, -0.2) is 11.2 Å². The SMILES string of the molecule is O=Cc1ccccc1OCc1c(Cl)cccc1[N+](=O)[O-]. The molecule has 2 aromatic rings. The maximum atomic E-state index is 10.9. The summed E-state index contributed by atoms with van der Waals surface area (Å²) in [5.41, 5.74) is 0.545. The maximum Gasteiger partial charge on any atom is 0.277 e. The van der Waals surface area contributed by atoms with E-state index in [-0.39, 0.29) is 22.9 Å². The molecular formula is C14H10ClNO4. The van der Waals surface area contributed by atoms with Gasteiger partial charge in [-0.2, -0.15) is 0 Å². The molecule has 2 rings (SSSR count). The van der Waals surface area contributed by atoms with Crippen molar-refractivity contribution in [3.63, 3.8) is 0 Å². The van der Waals surface area contributed by atoms with Crippen LogP contribution in [0.3, 0.4) is 0 Å². The van der Waals surface area contributed by atoms with Crippen LogP contribution in [0.25, 0.3) is 0 Å². The summed E-state index contributed by atoms with van der Waals surface area (Å²) in [6.45, 7) is -0.0825. The molecule has 0 aliphatic heterocycles. The summed E-state index contributed by atoms with van der Waals surface area (Å²) in [6.07, 6.45) is 0.663. The van der Waals surface area contributed by atoms with Crippen LogP contribution in [-0.2, 0) is 6.61 Å². The number of nitro benzene ring substituents is 1. The highest BCUT2D eigenvalue weighted by Gasteiger charge is 2.17. The van der Waals surface area contributed by atoms with Crippen molar-refractivity contribution in [1.82, 2.24) is 0 Å². The lowest BCUT2D eigenvalue weighted by atomic mass is 10.2. The molecule has 0 amide bonds. The predicted molar refractivity (Wildman–Crippen MR) is 74.3 cm³/mol. The van der Waals surface area contributed by atoms with Gasteiger partial charge in [0, 0.05) is 6.07 Å². The number of nitro groups is 1. The second-order valence-electron chi connectivity index (χ2n) is 3.94. The van der Waals surface area contributed by atoms with Crippen molar-refractivity contribution in [2.24, 2.45) is 0 Å². The fraction of sp³-hybridized carbons (Fsp3) is 0.0714. The molecule has 0 aromatic heterocycles. The first-order valence-corrected chi connectivity index (χ1v) is 6.10. The minimum Gasteiger partial charge on any atom is -0.488 e. The lowest BCUT2D eigenvalue weighted by Gasteiger charge is -2.09. The van der Waals surface area contributed by atoms with Crippen LogP contribution in [0.2, 0.25) is 5.02 Å². The van der Waals surface area contributed by atoms with Gasteiger partial charge in [-0.3, -0.25) is 14.9 Å². The molecule has 2 aromatic carbocycles. The van der Waals surface area contributed by atoms with Gasteiger partial charge in [0.1, 0.15) is 12.4 Å². The van der Waals surface area contributed by atoms with E-state index in [0.29, 0.717) is 17.6 Å². The number of nitrogens with zero attached hydrogens (tertiary/aromatic N) is 1. The zero-order valence-electron chi connectivity index (χ0n) is 10.3. The first-order chi connectivity index (χ1) is 9.63. The van der Waals surface area contributed by atoms with E-state index in [9.17, 15) is 14.9 Å². The van der Waals surface area contributed by atoms with Crippen molar-refractivity contribution in [2.45, 2.75) is 6.61 Å². The average Bonchev–Trinajstić information content (AvgIpc) is 2.46. The van der Waals surface area contributed by atoms with Gasteiger partial charge >= 0.3 is 0 Å². The molecule has 0 radical (unpaired) electrons. The Morgan fingerprint density at radius 2 is 1.95 bits per heavy atom. The third kappa shape index (κ3) is 2.95. The molecular weight excluding hydrogens is 282 g/mol. The molecule has 20 heavy (non-hydrogen) atoms. The van der Waals surface area contributed by atoms with E-state index in [0.717, 1.165) is 0 Å². The van der Waals surface area contributed by atoms with Crippen molar-refractivity contribution < 1.29 is 14.5 Å². The van der Waals surface area contributed by atoms with Crippen molar-refractivity contribution in [2.75, 3.05) is 0 Å². The maximum absolute atomic E-state index is 10.9. The summed E-state index contributed by atoms with van der Waals surface area (Å²) >= 11 is 5.96. The Morgan fingerprint density at radius 3 is 2.65 bits per heavy atom. The first-order valence-electron chi connectivity index (χ1n) is 5.72. The van der Waals surface area contributed by atoms with Crippen LogP contribution in [0.5, 0.6) is 5.75 Å². The van der Waals surface area contributed by atoms with Gasteiger partial charge in [-0.15, -0.1) is 0 Å². The van der Waals surface area contributed by atoms with Gasteiger partial charge in [0.15, 0.2) is 6.29 Å². The Bertz CT molecular complexity index is 657. The van der Waals surface area contributed by atoms with E-state index in [1.165, 1.54) is 12.1 Å². The second-order valence-corrected chi connectivity index (χ2v) is 4.35. The number of hydrogen-bond acceptors (Lipinski definition) is 4. The molecule has 6 heteroatoms. The minimum atomic E-state index is -0.518. The highest BCUT2D eigenvalue weighted by molar-refractivity contribution is 6.31. The molecule has 0 N–H and O–H groups in total. The quantitative estimate of drug-likeness (QED) is 0.479. The third-order valence-electron chi connectivity index (χ3n) is 2.71. The normalized spacial score (nSPS) is 10.1. The predicted octanol–water partition coefficient (Wildman–Crippen LogP) is 3.64. The number of benzene rings is 2. The van der Waals surface area contributed by atoms with Gasteiger partial charge in [-0.05, 0) is 18.2 Å². The van der Waals surface area contributed by atoms with E-state index >= 15 is 0 Å². The smallest absolute Gasteiger partial charge is 0.277 e. The van der Waals surface area contributed by atoms with E-state index < -0.39 is 4.92 Å². The molecule has 0 saturated carbocycles. The summed E-state index contributed by atoms with van der Waals surface area (Å²) in [5.74, 6) is 0.358. The molecule has 0 atom stereocenters. The van der Waals surface area contributed by atoms with Crippen molar-refractivity contribution >= 4 is 23.6 Å². The zero-order chi connectivity index (χ0) is 14.5. The van der Waals surface area contributed by atoms with Gasteiger partial charge in [-0.25, -0.2) is 0 Å². The summed E-state index contributed by atoms with van der Waals surface area (Å²) in [4.78, 5) is 21.3. The molecule has 0 bridgehead atoms. The van der Waals surface area contributed by atoms with Crippen LogP contribution in [0, 0.1) is 10.1 Å². The second kappa shape index (κ2) is 6.16. The average molecular weight is 292 g/mol. The largest absolute Gasteiger partial charge is 0.488 e. The van der Waals surface area contributed by atoms with Crippen LogP contribution >= 0.6 is 11.6 Å². The number of para-hydroxylation sites is 1. The fourth-order valence-corrected chi connectivity index (χ4v) is 1.94. The van der Waals surface area contributed by atoms with Crippen LogP contribution in [0.15, 0.2) is 42.5 Å². The number of rotatable bonds is 5. The van der Waals surface area contributed by atoms with Gasteiger partial charge in [0.05, 0.1) is 21.1 Å². The van der Waals surface area contributed by atoms with Crippen molar-refractivity contribution in [3.05, 3.63) is 68.7 Å². The number of aldehydes is 1. The van der Waals surface area contributed by atoms with Gasteiger partial charge in [0.2, 0.25) is 0 Å². The summed E-state index contributed by atoms with van der Waals surface area (Å²) < 4.78 is 5.47. The minimum absolute atomic E-state index is 0.0825. The standard InChI is InChI=1S/C14H10ClNO4/c15-12-5-3-6-13(16(18)19)11(12)9-20-14-7-2-1-4-10(14)8-17/h1-8H,9H2. The van der Waals surface area contributed by atoms with E-state index in [1.807, 2.05) is 0 Å². The highest BCUT2D eigenvalue weighted by atomic mass is 35.5. The number of carbonyl (C=O) groups excluding carboxylic acids is 1. The van der Waals surface area contributed by atoms with E-state index in [4.69, 9.17) is 16.3 Å². The Balaban J connectivity index is 2.27. The zero-order valence-corrected chi connectivity index (χ0v) is 11.0. The summed E-state index contributed by atoms with van der Waals surface area (Å²) in [5, 5.41) is 11.2. The van der Waals surface area contributed by atoms with Crippen LogP contribution < -0.4 is 4.74 Å². The van der Waals surface area contributed by atoms with Crippen LogP contribution in [0.4, 0.5) is 5.69 Å². The lowest BCUT2D eigenvalue weighted by Crippen LogP contribution is -2.02. The molecule has 0 fully saturated rings. The number of hydrogen-bond donors (Lipinski definition) is 0. The molecule has 5 nitrogen and oxygen atoms in total. The number of ether oxygens (including phenoxy) is 1. The summed E-state index contributed by atoms with van der Waals surface area (Å²) in [6, 6.07) is 11.0. The van der Waals surface area contributed by atoms with Crippen molar-refractivity contribution in [3.8, 4) is 5.75 Å². The van der Waals surface area contributed by atoms with E-state index in [1.54, 1.807) is 30.3 Å². The highest BCUT2D eigenvalue weighted by Crippen LogP contribution is 2.28.